The highest BCUT2D eigenvalue weighted by Gasteiger charge is 2.20. The minimum atomic E-state index is 0.0311. The van der Waals surface area contributed by atoms with Crippen molar-refractivity contribution in [3.05, 3.63) is 95.6 Å². The van der Waals surface area contributed by atoms with Gasteiger partial charge in [-0.1, -0.05) is 42.5 Å². The summed E-state index contributed by atoms with van der Waals surface area (Å²) in [7, 11) is 0. The second kappa shape index (κ2) is 9.83. The number of thiophene rings is 1. The lowest BCUT2D eigenvalue weighted by Gasteiger charge is -2.34. The Morgan fingerprint density at radius 3 is 2.52 bits per heavy atom. The van der Waals surface area contributed by atoms with Gasteiger partial charge in [0.25, 0.3) is 0 Å². The number of hydrogen-bond acceptors (Lipinski definition) is 5. The number of rotatable bonds is 6. The molecule has 0 saturated carbocycles. The molecule has 166 valence electrons. The molecule has 0 N–H and O–H groups in total. The highest BCUT2D eigenvalue weighted by Crippen LogP contribution is 2.28. The second-order valence-corrected chi connectivity index (χ2v) is 8.87. The van der Waals surface area contributed by atoms with Crippen molar-refractivity contribution >= 4 is 29.1 Å². The molecule has 7 heteroatoms. The summed E-state index contributed by atoms with van der Waals surface area (Å²) >= 11 is 1.65. The van der Waals surface area contributed by atoms with E-state index in [1.54, 1.807) is 23.6 Å². The molecule has 33 heavy (non-hydrogen) atoms. The molecule has 4 aromatic rings. The number of aromatic nitrogens is 3. The van der Waals surface area contributed by atoms with E-state index >= 15 is 0 Å². The molecule has 4 heterocycles. The zero-order valence-electron chi connectivity index (χ0n) is 18.2. The monoisotopic (exact) mass is 455 g/mol. The molecule has 0 spiro atoms. The summed E-state index contributed by atoms with van der Waals surface area (Å²) in [6.07, 6.45) is 7.40. The fourth-order valence-electron chi connectivity index (χ4n) is 3.98. The van der Waals surface area contributed by atoms with Crippen LogP contribution in [0.3, 0.4) is 0 Å². The number of carbonyl (C=O) groups excluding carboxylic acids is 1. The van der Waals surface area contributed by atoms with Crippen molar-refractivity contribution in [2.24, 2.45) is 0 Å². The highest BCUT2D eigenvalue weighted by molar-refractivity contribution is 7.13. The molecule has 0 radical (unpaired) electrons. The second-order valence-electron chi connectivity index (χ2n) is 7.93. The van der Waals surface area contributed by atoms with Gasteiger partial charge in [-0.2, -0.15) is 5.10 Å². The minimum Gasteiger partial charge on any atom is -0.353 e. The number of hydrogen-bond donors (Lipinski definition) is 0. The maximum Gasteiger partial charge on any atom is 0.246 e. The maximum absolute atomic E-state index is 12.9. The number of piperazine rings is 1. The van der Waals surface area contributed by atoms with E-state index < -0.39 is 0 Å². The predicted molar refractivity (Wildman–Crippen MR) is 133 cm³/mol. The molecule has 1 fully saturated rings. The Morgan fingerprint density at radius 2 is 1.79 bits per heavy atom. The van der Waals surface area contributed by atoms with Gasteiger partial charge < -0.3 is 9.80 Å². The van der Waals surface area contributed by atoms with Crippen molar-refractivity contribution in [3.63, 3.8) is 0 Å². The van der Waals surface area contributed by atoms with Crippen molar-refractivity contribution in [1.29, 1.82) is 0 Å². The largest absolute Gasteiger partial charge is 0.353 e. The van der Waals surface area contributed by atoms with Gasteiger partial charge in [-0.05, 0) is 35.2 Å². The molecular formula is C26H25N5OS. The zero-order chi connectivity index (χ0) is 22.5. The molecule has 3 aromatic heterocycles. The number of anilines is 1. The summed E-state index contributed by atoms with van der Waals surface area (Å²) in [5, 5.41) is 6.87. The lowest BCUT2D eigenvalue weighted by molar-refractivity contribution is -0.126. The SMILES string of the molecule is O=C(C=Cc1cn(Cc2ccccc2)nc1-c1cccs1)N1CCN(c2ccccn2)CC1. The number of benzene rings is 1. The molecule has 0 atom stereocenters. The van der Waals surface area contributed by atoms with Crippen LogP contribution in [0.4, 0.5) is 5.82 Å². The fraction of sp³-hybridized carbons (Fsp3) is 0.192. The third-order valence-corrected chi connectivity index (χ3v) is 6.58. The van der Waals surface area contributed by atoms with Crippen LogP contribution in [-0.2, 0) is 11.3 Å². The molecule has 0 aliphatic carbocycles. The van der Waals surface area contributed by atoms with Crippen LogP contribution in [0.15, 0.2) is 84.5 Å². The van der Waals surface area contributed by atoms with E-state index in [2.05, 4.69) is 28.1 Å². The van der Waals surface area contributed by atoms with Gasteiger partial charge in [0.15, 0.2) is 0 Å². The van der Waals surface area contributed by atoms with Gasteiger partial charge in [-0.15, -0.1) is 11.3 Å². The van der Waals surface area contributed by atoms with Gasteiger partial charge >= 0.3 is 0 Å². The third kappa shape index (κ3) is 5.04. The normalized spacial score (nSPS) is 14.2. The van der Waals surface area contributed by atoms with Crippen LogP contribution >= 0.6 is 11.3 Å². The van der Waals surface area contributed by atoms with Crippen molar-refractivity contribution in [1.82, 2.24) is 19.7 Å². The Kier molecular flexibility index (Phi) is 6.30. The standard InChI is InChI=1S/C26H25N5OS/c32-25(30-16-14-29(15-17-30)24-10-4-5-13-27-24)12-11-22-20-31(19-21-7-2-1-3-8-21)28-26(22)23-9-6-18-33-23/h1-13,18,20H,14-17,19H2. The fourth-order valence-corrected chi connectivity index (χ4v) is 4.71. The highest BCUT2D eigenvalue weighted by atomic mass is 32.1. The van der Waals surface area contributed by atoms with E-state index in [0.29, 0.717) is 19.6 Å². The topological polar surface area (TPSA) is 54.3 Å². The average Bonchev–Trinajstić information content (AvgIpc) is 3.54. The van der Waals surface area contributed by atoms with E-state index in [9.17, 15) is 4.79 Å². The van der Waals surface area contributed by atoms with Crippen LogP contribution < -0.4 is 4.90 Å². The van der Waals surface area contributed by atoms with Gasteiger partial charge in [0, 0.05) is 50.2 Å². The first-order valence-corrected chi connectivity index (χ1v) is 11.9. The van der Waals surface area contributed by atoms with Crippen molar-refractivity contribution in [2.75, 3.05) is 31.1 Å². The van der Waals surface area contributed by atoms with Gasteiger partial charge in [-0.25, -0.2) is 4.98 Å². The van der Waals surface area contributed by atoms with Crippen LogP contribution in [-0.4, -0.2) is 51.8 Å². The van der Waals surface area contributed by atoms with Crippen LogP contribution in [0, 0.1) is 0 Å². The number of amides is 1. The van der Waals surface area contributed by atoms with Crippen molar-refractivity contribution in [2.45, 2.75) is 6.54 Å². The summed E-state index contributed by atoms with van der Waals surface area (Å²) < 4.78 is 1.94. The summed E-state index contributed by atoms with van der Waals surface area (Å²) in [6.45, 7) is 3.63. The summed E-state index contributed by atoms with van der Waals surface area (Å²) in [5.41, 5.74) is 3.05. The summed E-state index contributed by atoms with van der Waals surface area (Å²) in [4.78, 5) is 22.5. The van der Waals surface area contributed by atoms with E-state index in [1.165, 1.54) is 5.56 Å². The quantitative estimate of drug-likeness (QED) is 0.404. The molecule has 5 rings (SSSR count). The first-order chi connectivity index (χ1) is 16.3. The van der Waals surface area contributed by atoms with Gasteiger partial charge in [0.05, 0.1) is 11.4 Å². The Bertz CT molecular complexity index is 1210. The first kappa shape index (κ1) is 21.2. The van der Waals surface area contributed by atoms with E-state index in [1.807, 2.05) is 69.7 Å². The Balaban J connectivity index is 1.29. The molecule has 6 nitrogen and oxygen atoms in total. The molecule has 1 aromatic carbocycles. The van der Waals surface area contributed by atoms with Crippen LogP contribution in [0.5, 0.6) is 0 Å². The molecule has 1 aliphatic rings. The minimum absolute atomic E-state index is 0.0311. The van der Waals surface area contributed by atoms with E-state index in [4.69, 9.17) is 5.10 Å². The lowest BCUT2D eigenvalue weighted by atomic mass is 10.2. The lowest BCUT2D eigenvalue weighted by Crippen LogP contribution is -2.48. The predicted octanol–water partition coefficient (Wildman–Crippen LogP) is 4.42. The molecule has 1 amide bonds. The molecule has 0 unspecified atom stereocenters. The number of carbonyl (C=O) groups is 1. The molecular weight excluding hydrogens is 430 g/mol. The molecule has 1 saturated heterocycles. The summed E-state index contributed by atoms with van der Waals surface area (Å²) in [6, 6.07) is 20.3. The molecule has 1 aliphatic heterocycles. The maximum atomic E-state index is 12.9. The summed E-state index contributed by atoms with van der Waals surface area (Å²) in [5.74, 6) is 0.996. The van der Waals surface area contributed by atoms with E-state index in [0.717, 1.165) is 35.0 Å². The Morgan fingerprint density at radius 1 is 0.970 bits per heavy atom. The smallest absolute Gasteiger partial charge is 0.246 e. The van der Waals surface area contributed by atoms with Gasteiger partial charge in [-0.3, -0.25) is 9.48 Å². The number of pyridine rings is 1. The first-order valence-electron chi connectivity index (χ1n) is 11.0. The van der Waals surface area contributed by atoms with Gasteiger partial charge in [0.1, 0.15) is 11.5 Å². The Labute approximate surface area is 197 Å². The van der Waals surface area contributed by atoms with Crippen LogP contribution in [0.1, 0.15) is 11.1 Å². The zero-order valence-corrected chi connectivity index (χ0v) is 19.1. The van der Waals surface area contributed by atoms with Crippen LogP contribution in [0.25, 0.3) is 16.6 Å². The van der Waals surface area contributed by atoms with Crippen molar-refractivity contribution in [3.8, 4) is 10.6 Å². The third-order valence-electron chi connectivity index (χ3n) is 5.70. The number of nitrogens with zero attached hydrogens (tertiary/aromatic N) is 5. The average molecular weight is 456 g/mol. The van der Waals surface area contributed by atoms with Crippen LogP contribution in [0.2, 0.25) is 0 Å². The molecule has 0 bridgehead atoms. The van der Waals surface area contributed by atoms with Crippen molar-refractivity contribution < 1.29 is 4.79 Å². The Hall–Kier alpha value is -3.71. The van der Waals surface area contributed by atoms with Gasteiger partial charge in [0.2, 0.25) is 5.91 Å². The van der Waals surface area contributed by atoms with E-state index in [-0.39, 0.29) is 5.91 Å².